The van der Waals surface area contributed by atoms with Crippen molar-refractivity contribution >= 4 is 5.91 Å². The van der Waals surface area contributed by atoms with Crippen molar-refractivity contribution < 1.29 is 9.90 Å². The third kappa shape index (κ3) is 4.49. The van der Waals surface area contributed by atoms with Crippen LogP contribution in [0.1, 0.15) is 33.1 Å². The minimum atomic E-state index is -0.0231. The summed E-state index contributed by atoms with van der Waals surface area (Å²) in [5.41, 5.74) is 0. The van der Waals surface area contributed by atoms with Gasteiger partial charge < -0.3 is 15.7 Å². The van der Waals surface area contributed by atoms with Crippen LogP contribution in [0, 0.1) is 11.8 Å². The lowest BCUT2D eigenvalue weighted by molar-refractivity contribution is -0.124. The SMILES string of the molecule is CC(CCO)CNC(=O)C1CC(C)CCN1. The van der Waals surface area contributed by atoms with E-state index >= 15 is 0 Å². The lowest BCUT2D eigenvalue weighted by Crippen LogP contribution is -2.49. The Morgan fingerprint density at radius 2 is 2.38 bits per heavy atom. The van der Waals surface area contributed by atoms with Crippen LogP contribution in [0.25, 0.3) is 0 Å². The molecule has 0 spiro atoms. The third-order valence-electron chi connectivity index (χ3n) is 3.23. The van der Waals surface area contributed by atoms with Gasteiger partial charge >= 0.3 is 0 Å². The number of carbonyl (C=O) groups excluding carboxylic acids is 1. The second-order valence-corrected chi connectivity index (χ2v) is 5.00. The van der Waals surface area contributed by atoms with Crippen molar-refractivity contribution in [2.75, 3.05) is 19.7 Å². The second-order valence-electron chi connectivity index (χ2n) is 5.00. The Hall–Kier alpha value is -0.610. The fourth-order valence-electron chi connectivity index (χ4n) is 2.03. The van der Waals surface area contributed by atoms with E-state index < -0.39 is 0 Å². The van der Waals surface area contributed by atoms with Gasteiger partial charge in [0, 0.05) is 13.2 Å². The molecule has 0 aromatic rings. The van der Waals surface area contributed by atoms with Gasteiger partial charge in [-0.2, -0.15) is 0 Å². The normalized spacial score (nSPS) is 27.4. The highest BCUT2D eigenvalue weighted by molar-refractivity contribution is 5.81. The van der Waals surface area contributed by atoms with Crippen molar-refractivity contribution in [3.63, 3.8) is 0 Å². The second kappa shape index (κ2) is 6.86. The van der Waals surface area contributed by atoms with Crippen molar-refractivity contribution in [1.82, 2.24) is 10.6 Å². The molecular formula is C12H24N2O2. The zero-order chi connectivity index (χ0) is 12.0. The molecule has 1 saturated heterocycles. The van der Waals surface area contributed by atoms with E-state index in [0.29, 0.717) is 18.4 Å². The lowest BCUT2D eigenvalue weighted by Gasteiger charge is -2.27. The van der Waals surface area contributed by atoms with E-state index in [1.165, 1.54) is 0 Å². The fraction of sp³-hybridized carbons (Fsp3) is 0.917. The highest BCUT2D eigenvalue weighted by Crippen LogP contribution is 2.15. The molecule has 1 rings (SSSR count). The number of aliphatic hydroxyl groups excluding tert-OH is 1. The van der Waals surface area contributed by atoms with Gasteiger partial charge in [0.05, 0.1) is 6.04 Å². The monoisotopic (exact) mass is 228 g/mol. The molecule has 4 nitrogen and oxygen atoms in total. The Bertz CT molecular complexity index is 221. The van der Waals surface area contributed by atoms with E-state index in [2.05, 4.69) is 17.6 Å². The molecule has 3 atom stereocenters. The van der Waals surface area contributed by atoms with Crippen LogP contribution in [-0.4, -0.2) is 36.8 Å². The van der Waals surface area contributed by atoms with E-state index in [-0.39, 0.29) is 18.6 Å². The first kappa shape index (κ1) is 13.5. The summed E-state index contributed by atoms with van der Waals surface area (Å²) in [5.74, 6) is 1.08. The molecule has 1 aliphatic rings. The van der Waals surface area contributed by atoms with Crippen molar-refractivity contribution in [3.05, 3.63) is 0 Å². The Morgan fingerprint density at radius 3 is 3.00 bits per heavy atom. The van der Waals surface area contributed by atoms with E-state index in [1.54, 1.807) is 0 Å². The van der Waals surface area contributed by atoms with Crippen molar-refractivity contribution in [3.8, 4) is 0 Å². The van der Waals surface area contributed by atoms with Gasteiger partial charge in [0.2, 0.25) is 5.91 Å². The zero-order valence-electron chi connectivity index (χ0n) is 10.3. The maximum absolute atomic E-state index is 11.8. The first-order chi connectivity index (χ1) is 7.63. The first-order valence-electron chi connectivity index (χ1n) is 6.25. The molecule has 0 aliphatic carbocycles. The molecule has 0 saturated carbocycles. The average Bonchev–Trinajstić information content (AvgIpc) is 2.26. The van der Waals surface area contributed by atoms with Crippen LogP contribution < -0.4 is 10.6 Å². The van der Waals surface area contributed by atoms with Gasteiger partial charge in [-0.15, -0.1) is 0 Å². The van der Waals surface area contributed by atoms with E-state index in [4.69, 9.17) is 5.11 Å². The molecule has 1 amide bonds. The predicted molar refractivity (Wildman–Crippen MR) is 64.1 cm³/mol. The minimum Gasteiger partial charge on any atom is -0.396 e. The van der Waals surface area contributed by atoms with Gasteiger partial charge in [0.1, 0.15) is 0 Å². The van der Waals surface area contributed by atoms with E-state index in [0.717, 1.165) is 25.8 Å². The quantitative estimate of drug-likeness (QED) is 0.642. The number of hydrogen-bond acceptors (Lipinski definition) is 3. The van der Waals surface area contributed by atoms with Crippen LogP contribution in [0.4, 0.5) is 0 Å². The first-order valence-corrected chi connectivity index (χ1v) is 6.25. The van der Waals surface area contributed by atoms with Crippen LogP contribution >= 0.6 is 0 Å². The van der Waals surface area contributed by atoms with E-state index in [9.17, 15) is 4.79 Å². The molecule has 94 valence electrons. The Balaban J connectivity index is 2.23. The summed E-state index contributed by atoms with van der Waals surface area (Å²) in [6.07, 6.45) is 2.83. The highest BCUT2D eigenvalue weighted by atomic mass is 16.3. The van der Waals surface area contributed by atoms with Crippen molar-refractivity contribution in [1.29, 1.82) is 0 Å². The smallest absolute Gasteiger partial charge is 0.237 e. The Labute approximate surface area is 97.8 Å². The molecule has 1 fully saturated rings. The van der Waals surface area contributed by atoms with E-state index in [1.807, 2.05) is 6.92 Å². The number of carbonyl (C=O) groups is 1. The zero-order valence-corrected chi connectivity index (χ0v) is 10.3. The summed E-state index contributed by atoms with van der Waals surface area (Å²) in [5, 5.41) is 14.9. The number of nitrogens with one attached hydrogen (secondary N) is 2. The highest BCUT2D eigenvalue weighted by Gasteiger charge is 2.24. The molecule has 0 bridgehead atoms. The largest absolute Gasteiger partial charge is 0.396 e. The Kier molecular flexibility index (Phi) is 5.77. The molecule has 0 radical (unpaired) electrons. The number of piperidine rings is 1. The molecule has 1 heterocycles. The summed E-state index contributed by atoms with van der Waals surface area (Å²) in [4.78, 5) is 11.8. The summed E-state index contributed by atoms with van der Waals surface area (Å²) in [7, 11) is 0. The van der Waals surface area contributed by atoms with Crippen LogP contribution in [-0.2, 0) is 4.79 Å². The molecule has 1 aliphatic heterocycles. The van der Waals surface area contributed by atoms with Crippen molar-refractivity contribution in [2.24, 2.45) is 11.8 Å². The van der Waals surface area contributed by atoms with Crippen LogP contribution in [0.5, 0.6) is 0 Å². The van der Waals surface area contributed by atoms with Gasteiger partial charge in [-0.25, -0.2) is 0 Å². The lowest BCUT2D eigenvalue weighted by atomic mass is 9.94. The predicted octanol–water partition coefficient (Wildman–Crippen LogP) is 0.509. The minimum absolute atomic E-state index is 0.0231. The molecule has 16 heavy (non-hydrogen) atoms. The topological polar surface area (TPSA) is 61.4 Å². The van der Waals surface area contributed by atoms with Gasteiger partial charge in [0.25, 0.3) is 0 Å². The Morgan fingerprint density at radius 1 is 1.62 bits per heavy atom. The molecular weight excluding hydrogens is 204 g/mol. The van der Waals surface area contributed by atoms with Gasteiger partial charge in [-0.3, -0.25) is 4.79 Å². The number of aliphatic hydroxyl groups is 1. The third-order valence-corrected chi connectivity index (χ3v) is 3.23. The van der Waals surface area contributed by atoms with Crippen LogP contribution in [0.3, 0.4) is 0 Å². The average molecular weight is 228 g/mol. The molecule has 3 unspecified atom stereocenters. The fourth-order valence-corrected chi connectivity index (χ4v) is 2.03. The summed E-state index contributed by atoms with van der Waals surface area (Å²) < 4.78 is 0. The summed E-state index contributed by atoms with van der Waals surface area (Å²) in [6, 6.07) is -0.0231. The number of hydrogen-bond donors (Lipinski definition) is 3. The standard InChI is InChI=1S/C12H24N2O2/c1-9-3-5-13-11(7-9)12(16)14-8-10(2)4-6-15/h9-11,13,15H,3-8H2,1-2H3,(H,14,16). The van der Waals surface area contributed by atoms with Gasteiger partial charge in [-0.1, -0.05) is 13.8 Å². The molecule has 4 heteroatoms. The van der Waals surface area contributed by atoms with Crippen molar-refractivity contribution in [2.45, 2.75) is 39.2 Å². The molecule has 3 N–H and O–H groups in total. The maximum Gasteiger partial charge on any atom is 0.237 e. The van der Waals surface area contributed by atoms with Crippen LogP contribution in [0.2, 0.25) is 0 Å². The number of rotatable bonds is 5. The maximum atomic E-state index is 11.8. The summed E-state index contributed by atoms with van der Waals surface area (Å²) >= 11 is 0. The van der Waals surface area contributed by atoms with Gasteiger partial charge in [-0.05, 0) is 37.6 Å². The summed E-state index contributed by atoms with van der Waals surface area (Å²) in [6.45, 7) is 6.01. The molecule has 0 aromatic heterocycles. The molecule has 0 aromatic carbocycles. The van der Waals surface area contributed by atoms with Crippen LogP contribution in [0.15, 0.2) is 0 Å². The van der Waals surface area contributed by atoms with Gasteiger partial charge in [0.15, 0.2) is 0 Å². The number of amides is 1.